The summed E-state index contributed by atoms with van der Waals surface area (Å²) in [4.78, 5) is 11.8. The summed E-state index contributed by atoms with van der Waals surface area (Å²) in [5.41, 5.74) is 1.48. The fourth-order valence-electron chi connectivity index (χ4n) is 2.05. The van der Waals surface area contributed by atoms with Gasteiger partial charge in [-0.05, 0) is 35.7 Å². The second kappa shape index (κ2) is 7.92. The number of aryl methyl sites for hydroxylation is 1. The highest BCUT2D eigenvalue weighted by Crippen LogP contribution is 2.16. The summed E-state index contributed by atoms with van der Waals surface area (Å²) in [5.74, 6) is -0.527. The first-order valence-electron chi connectivity index (χ1n) is 7.00. The summed E-state index contributed by atoms with van der Waals surface area (Å²) in [7, 11) is 0. The van der Waals surface area contributed by atoms with Gasteiger partial charge < -0.3 is 10.4 Å². The molecule has 0 fully saturated rings. The van der Waals surface area contributed by atoms with Crippen molar-refractivity contribution < 1.29 is 14.3 Å². The Hall–Kier alpha value is -1.91. The first kappa shape index (κ1) is 16.5. The standard InChI is InChI=1S/C17H17ClFNO2/c18-15-4-2-1-3-12(15)7-10-17(22)20-11-16(21)13-5-8-14(19)9-6-13/h1-6,8-9,16,21H,7,10-11H2,(H,20,22). The molecule has 1 unspecified atom stereocenters. The normalized spacial score (nSPS) is 12.0. The van der Waals surface area contributed by atoms with Crippen LogP contribution in [0.3, 0.4) is 0 Å². The summed E-state index contributed by atoms with van der Waals surface area (Å²) in [6, 6.07) is 12.9. The Morgan fingerprint density at radius 2 is 1.86 bits per heavy atom. The molecule has 0 heterocycles. The lowest BCUT2D eigenvalue weighted by molar-refractivity contribution is -0.121. The highest BCUT2D eigenvalue weighted by atomic mass is 35.5. The molecule has 0 radical (unpaired) electrons. The molecule has 0 spiro atoms. The molecule has 2 aromatic rings. The Balaban J connectivity index is 1.78. The van der Waals surface area contributed by atoms with E-state index in [9.17, 15) is 14.3 Å². The van der Waals surface area contributed by atoms with Crippen LogP contribution in [-0.4, -0.2) is 17.6 Å². The van der Waals surface area contributed by atoms with Gasteiger partial charge in [0.2, 0.25) is 5.91 Å². The van der Waals surface area contributed by atoms with Crippen LogP contribution in [-0.2, 0) is 11.2 Å². The van der Waals surface area contributed by atoms with Gasteiger partial charge in [-0.1, -0.05) is 41.9 Å². The van der Waals surface area contributed by atoms with E-state index in [0.717, 1.165) is 5.56 Å². The van der Waals surface area contributed by atoms with Crippen molar-refractivity contribution in [2.45, 2.75) is 18.9 Å². The predicted molar refractivity (Wildman–Crippen MR) is 84.1 cm³/mol. The van der Waals surface area contributed by atoms with Gasteiger partial charge in [0.15, 0.2) is 0 Å². The fraction of sp³-hybridized carbons (Fsp3) is 0.235. The molecule has 2 rings (SSSR count). The molecule has 0 aliphatic rings. The van der Waals surface area contributed by atoms with Crippen molar-refractivity contribution in [2.24, 2.45) is 0 Å². The molecule has 5 heteroatoms. The first-order valence-corrected chi connectivity index (χ1v) is 7.37. The van der Waals surface area contributed by atoms with Gasteiger partial charge >= 0.3 is 0 Å². The Kier molecular flexibility index (Phi) is 5.92. The lowest BCUT2D eigenvalue weighted by Crippen LogP contribution is -2.28. The van der Waals surface area contributed by atoms with E-state index in [-0.39, 0.29) is 18.3 Å². The monoisotopic (exact) mass is 321 g/mol. The zero-order valence-corrected chi connectivity index (χ0v) is 12.7. The number of amides is 1. The van der Waals surface area contributed by atoms with Crippen LogP contribution >= 0.6 is 11.6 Å². The van der Waals surface area contributed by atoms with Gasteiger partial charge in [-0.3, -0.25) is 4.79 Å². The minimum Gasteiger partial charge on any atom is -0.387 e. The van der Waals surface area contributed by atoms with Gasteiger partial charge in [0.1, 0.15) is 5.82 Å². The quantitative estimate of drug-likeness (QED) is 0.858. The predicted octanol–water partition coefficient (Wildman–Crippen LogP) is 3.26. The zero-order valence-electron chi connectivity index (χ0n) is 11.9. The lowest BCUT2D eigenvalue weighted by atomic mass is 10.1. The van der Waals surface area contributed by atoms with Crippen molar-refractivity contribution in [3.05, 3.63) is 70.5 Å². The number of halogens is 2. The molecule has 0 bridgehead atoms. The number of hydrogen-bond acceptors (Lipinski definition) is 2. The number of nitrogens with one attached hydrogen (secondary N) is 1. The van der Waals surface area contributed by atoms with E-state index >= 15 is 0 Å². The molecule has 2 N–H and O–H groups in total. The number of carbonyl (C=O) groups is 1. The molecule has 2 aromatic carbocycles. The first-order chi connectivity index (χ1) is 10.6. The van der Waals surface area contributed by atoms with Gasteiger partial charge in [0.05, 0.1) is 6.10 Å². The number of carbonyl (C=O) groups excluding carboxylic acids is 1. The highest BCUT2D eigenvalue weighted by molar-refractivity contribution is 6.31. The lowest BCUT2D eigenvalue weighted by Gasteiger charge is -2.12. The third kappa shape index (κ3) is 4.83. The van der Waals surface area contributed by atoms with E-state index in [2.05, 4.69) is 5.32 Å². The minimum atomic E-state index is -0.857. The number of aliphatic hydroxyl groups is 1. The molecule has 0 aliphatic heterocycles. The number of rotatable bonds is 6. The molecule has 0 aromatic heterocycles. The van der Waals surface area contributed by atoms with E-state index in [1.54, 1.807) is 6.07 Å². The fourth-order valence-corrected chi connectivity index (χ4v) is 2.28. The minimum absolute atomic E-state index is 0.0903. The SMILES string of the molecule is O=C(CCc1ccccc1Cl)NCC(O)c1ccc(F)cc1. The van der Waals surface area contributed by atoms with E-state index in [4.69, 9.17) is 11.6 Å². The van der Waals surface area contributed by atoms with Crippen LogP contribution in [0.2, 0.25) is 5.02 Å². The number of hydrogen-bond donors (Lipinski definition) is 2. The zero-order chi connectivity index (χ0) is 15.9. The average Bonchev–Trinajstić information content (AvgIpc) is 2.52. The van der Waals surface area contributed by atoms with Crippen molar-refractivity contribution in [3.63, 3.8) is 0 Å². The van der Waals surface area contributed by atoms with E-state index < -0.39 is 6.10 Å². The van der Waals surface area contributed by atoms with Crippen molar-refractivity contribution >= 4 is 17.5 Å². The van der Waals surface area contributed by atoms with Gasteiger partial charge in [-0.25, -0.2) is 4.39 Å². The molecule has 0 saturated heterocycles. The van der Waals surface area contributed by atoms with Crippen LogP contribution in [0.5, 0.6) is 0 Å². The van der Waals surface area contributed by atoms with Crippen molar-refractivity contribution in [1.82, 2.24) is 5.32 Å². The molecule has 3 nitrogen and oxygen atoms in total. The molecule has 1 atom stereocenters. The maximum absolute atomic E-state index is 12.8. The van der Waals surface area contributed by atoms with E-state index in [1.165, 1.54) is 24.3 Å². The second-order valence-electron chi connectivity index (χ2n) is 4.96. The Labute approximate surface area is 133 Å². The van der Waals surface area contributed by atoms with Crippen LogP contribution in [0.1, 0.15) is 23.7 Å². The van der Waals surface area contributed by atoms with Gasteiger partial charge in [-0.2, -0.15) is 0 Å². The van der Waals surface area contributed by atoms with Gasteiger partial charge in [0, 0.05) is 18.0 Å². The molecular weight excluding hydrogens is 305 g/mol. The Bertz CT molecular complexity index is 631. The van der Waals surface area contributed by atoms with E-state index in [0.29, 0.717) is 23.4 Å². The molecule has 1 amide bonds. The van der Waals surface area contributed by atoms with Crippen molar-refractivity contribution in [1.29, 1.82) is 0 Å². The van der Waals surface area contributed by atoms with E-state index in [1.807, 2.05) is 18.2 Å². The maximum atomic E-state index is 12.8. The van der Waals surface area contributed by atoms with Gasteiger partial charge in [0.25, 0.3) is 0 Å². The summed E-state index contributed by atoms with van der Waals surface area (Å²) < 4.78 is 12.8. The second-order valence-corrected chi connectivity index (χ2v) is 5.37. The Morgan fingerprint density at radius 1 is 1.18 bits per heavy atom. The topological polar surface area (TPSA) is 49.3 Å². The summed E-state index contributed by atoms with van der Waals surface area (Å²) >= 11 is 6.03. The van der Waals surface area contributed by atoms with Crippen molar-refractivity contribution in [2.75, 3.05) is 6.54 Å². The number of benzene rings is 2. The van der Waals surface area contributed by atoms with Gasteiger partial charge in [-0.15, -0.1) is 0 Å². The average molecular weight is 322 g/mol. The van der Waals surface area contributed by atoms with Crippen LogP contribution in [0.4, 0.5) is 4.39 Å². The van der Waals surface area contributed by atoms with Crippen LogP contribution in [0, 0.1) is 5.82 Å². The molecule has 0 aliphatic carbocycles. The Morgan fingerprint density at radius 3 is 2.55 bits per heavy atom. The van der Waals surface area contributed by atoms with Crippen molar-refractivity contribution in [3.8, 4) is 0 Å². The molecule has 116 valence electrons. The summed E-state index contributed by atoms with van der Waals surface area (Å²) in [5, 5.41) is 13.2. The van der Waals surface area contributed by atoms with Crippen LogP contribution in [0.25, 0.3) is 0 Å². The summed E-state index contributed by atoms with van der Waals surface area (Å²) in [6.45, 7) is 0.0903. The van der Waals surface area contributed by atoms with Crippen LogP contribution < -0.4 is 5.32 Å². The maximum Gasteiger partial charge on any atom is 0.220 e. The highest BCUT2D eigenvalue weighted by Gasteiger charge is 2.10. The smallest absolute Gasteiger partial charge is 0.220 e. The molecule has 0 saturated carbocycles. The number of aliphatic hydroxyl groups excluding tert-OH is 1. The third-order valence-electron chi connectivity index (χ3n) is 3.33. The van der Waals surface area contributed by atoms with Crippen LogP contribution in [0.15, 0.2) is 48.5 Å². The molecule has 22 heavy (non-hydrogen) atoms. The molecular formula is C17H17ClFNO2. The largest absolute Gasteiger partial charge is 0.387 e. The summed E-state index contributed by atoms with van der Waals surface area (Å²) in [6.07, 6.45) is -0.0252. The third-order valence-corrected chi connectivity index (χ3v) is 3.70.